The van der Waals surface area contributed by atoms with Crippen LogP contribution in [0, 0.1) is 0 Å². The first-order valence-corrected chi connectivity index (χ1v) is 11.9. The quantitative estimate of drug-likeness (QED) is 0.357. The maximum atomic E-state index is 13.2. The van der Waals surface area contributed by atoms with Crippen molar-refractivity contribution in [3.63, 3.8) is 0 Å². The van der Waals surface area contributed by atoms with E-state index in [1.807, 2.05) is 12.1 Å². The summed E-state index contributed by atoms with van der Waals surface area (Å²) >= 11 is 6.86. The van der Waals surface area contributed by atoms with Crippen molar-refractivity contribution < 1.29 is 19.4 Å². The van der Waals surface area contributed by atoms with Crippen molar-refractivity contribution in [1.82, 2.24) is 9.66 Å². The molecule has 1 atom stereocenters. The second kappa shape index (κ2) is 10.9. The lowest BCUT2D eigenvalue weighted by Crippen LogP contribution is -2.23. The molecule has 2 aromatic carbocycles. The van der Waals surface area contributed by atoms with E-state index in [0.717, 1.165) is 17.3 Å². The Kier molecular flexibility index (Phi) is 8.25. The molecule has 0 saturated carbocycles. The third-order valence-electron chi connectivity index (χ3n) is 4.88. The van der Waals surface area contributed by atoms with Crippen LogP contribution < -0.4 is 15.0 Å². The van der Waals surface area contributed by atoms with Gasteiger partial charge in [-0.15, -0.1) is 0 Å². The molecule has 1 aromatic heterocycles. The largest absolute Gasteiger partial charge is 0.493 e. The van der Waals surface area contributed by atoms with Gasteiger partial charge in [0.25, 0.3) is 5.56 Å². The van der Waals surface area contributed by atoms with Gasteiger partial charge in [0.05, 0.1) is 24.2 Å². The van der Waals surface area contributed by atoms with Crippen LogP contribution in [0.2, 0.25) is 0 Å². The number of aryl methyl sites for hydroxylation is 1. The van der Waals surface area contributed by atoms with Gasteiger partial charge in [-0.25, -0.2) is 9.78 Å². The number of ether oxygens (including phenoxy) is 2. The zero-order chi connectivity index (χ0) is 24.1. The SMILES string of the molecule is CCCCc1nc2ccc(Br)cc2c(=O)n1N=Cc1cc(OC)c(O[C@H](C)C(=O)O)cc1Br. The van der Waals surface area contributed by atoms with Crippen LogP contribution in [-0.2, 0) is 11.2 Å². The summed E-state index contributed by atoms with van der Waals surface area (Å²) in [7, 11) is 1.46. The van der Waals surface area contributed by atoms with E-state index in [1.165, 1.54) is 24.9 Å². The highest BCUT2D eigenvalue weighted by atomic mass is 79.9. The van der Waals surface area contributed by atoms with Gasteiger partial charge >= 0.3 is 5.97 Å². The van der Waals surface area contributed by atoms with E-state index in [9.17, 15) is 9.59 Å². The summed E-state index contributed by atoms with van der Waals surface area (Å²) in [6.45, 7) is 3.50. The van der Waals surface area contributed by atoms with Gasteiger partial charge in [0, 0.05) is 20.9 Å². The van der Waals surface area contributed by atoms with Crippen molar-refractivity contribution >= 4 is 54.9 Å². The number of nitrogens with zero attached hydrogens (tertiary/aromatic N) is 3. The molecule has 0 radical (unpaired) electrons. The predicted octanol–water partition coefficient (Wildman–Crippen LogP) is 5.01. The average Bonchev–Trinajstić information content (AvgIpc) is 2.78. The Bertz CT molecular complexity index is 1270. The molecule has 174 valence electrons. The molecule has 3 aromatic rings. The monoisotopic (exact) mass is 579 g/mol. The first kappa shape index (κ1) is 24.9. The Balaban J connectivity index is 2.06. The van der Waals surface area contributed by atoms with Gasteiger partial charge in [0.15, 0.2) is 17.6 Å². The molecular formula is C23H23Br2N3O5. The van der Waals surface area contributed by atoms with Gasteiger partial charge in [-0.05, 0) is 59.6 Å². The van der Waals surface area contributed by atoms with E-state index in [1.54, 1.807) is 18.2 Å². The number of aliphatic carboxylic acids is 1. The number of hydrogen-bond acceptors (Lipinski definition) is 6. The van der Waals surface area contributed by atoms with Gasteiger partial charge in [-0.2, -0.15) is 9.78 Å². The van der Waals surface area contributed by atoms with E-state index >= 15 is 0 Å². The minimum Gasteiger partial charge on any atom is -0.493 e. The summed E-state index contributed by atoms with van der Waals surface area (Å²) in [5.41, 5.74) is 0.976. The number of rotatable bonds is 9. The van der Waals surface area contributed by atoms with Crippen molar-refractivity contribution in [2.75, 3.05) is 7.11 Å². The third-order valence-corrected chi connectivity index (χ3v) is 6.06. The lowest BCUT2D eigenvalue weighted by Gasteiger charge is -2.15. The zero-order valence-electron chi connectivity index (χ0n) is 18.3. The van der Waals surface area contributed by atoms with Crippen LogP contribution in [0.1, 0.15) is 38.1 Å². The Morgan fingerprint density at radius 2 is 2.03 bits per heavy atom. The zero-order valence-corrected chi connectivity index (χ0v) is 21.5. The summed E-state index contributed by atoms with van der Waals surface area (Å²) < 4.78 is 13.5. The van der Waals surface area contributed by atoms with Crippen LogP contribution in [0.25, 0.3) is 10.9 Å². The molecule has 0 fully saturated rings. The Morgan fingerprint density at radius 1 is 1.27 bits per heavy atom. The number of fused-ring (bicyclic) bond motifs is 1. The van der Waals surface area contributed by atoms with E-state index in [2.05, 4.69) is 48.9 Å². The summed E-state index contributed by atoms with van der Waals surface area (Å²) in [4.78, 5) is 29.0. The second-order valence-corrected chi connectivity index (χ2v) is 9.05. The van der Waals surface area contributed by atoms with Crippen LogP contribution in [-0.4, -0.2) is 40.2 Å². The van der Waals surface area contributed by atoms with Crippen LogP contribution in [0.15, 0.2) is 49.2 Å². The van der Waals surface area contributed by atoms with Crippen LogP contribution >= 0.6 is 31.9 Å². The highest BCUT2D eigenvalue weighted by Crippen LogP contribution is 2.33. The van der Waals surface area contributed by atoms with E-state index < -0.39 is 12.1 Å². The van der Waals surface area contributed by atoms with Gasteiger partial charge in [0.1, 0.15) is 5.82 Å². The standard InChI is InChI=1S/C23H23Br2N3O5/c1-4-5-6-21-27-18-8-7-15(24)10-16(18)22(29)28(21)26-12-14-9-19(32-3)20(11-17(14)25)33-13(2)23(30)31/h7-13H,4-6H2,1-3H3,(H,30,31)/t13-/m1/s1. The van der Waals surface area contributed by atoms with Crippen LogP contribution in [0.5, 0.6) is 11.5 Å². The van der Waals surface area contributed by atoms with Crippen molar-refractivity contribution in [1.29, 1.82) is 0 Å². The number of halogens is 2. The number of carboxylic acid groups (broad SMARTS) is 1. The normalized spacial score (nSPS) is 12.3. The highest BCUT2D eigenvalue weighted by Gasteiger charge is 2.17. The molecule has 1 N–H and O–H groups in total. The molecular weight excluding hydrogens is 558 g/mol. The Labute approximate surface area is 207 Å². The number of aromatic nitrogens is 2. The second-order valence-electron chi connectivity index (χ2n) is 7.28. The van der Waals surface area contributed by atoms with E-state index in [4.69, 9.17) is 14.6 Å². The molecule has 1 heterocycles. The Hall–Kier alpha value is -2.72. The molecule has 0 aliphatic carbocycles. The predicted molar refractivity (Wildman–Crippen MR) is 134 cm³/mol. The number of carbonyl (C=O) groups is 1. The molecule has 0 aliphatic heterocycles. The fourth-order valence-electron chi connectivity index (χ4n) is 3.07. The topological polar surface area (TPSA) is 103 Å². The summed E-state index contributed by atoms with van der Waals surface area (Å²) in [6.07, 6.45) is 2.92. The molecule has 10 heteroatoms. The minimum absolute atomic E-state index is 0.262. The number of carboxylic acids is 1. The molecule has 0 bridgehead atoms. The lowest BCUT2D eigenvalue weighted by atomic mass is 10.2. The summed E-state index contributed by atoms with van der Waals surface area (Å²) in [5.74, 6) is 0.0980. The number of methoxy groups -OCH3 is 1. The summed E-state index contributed by atoms with van der Waals surface area (Å²) in [6, 6.07) is 8.65. The van der Waals surface area contributed by atoms with Gasteiger partial charge in [-0.3, -0.25) is 4.79 Å². The molecule has 0 saturated heterocycles. The fraction of sp³-hybridized carbons (Fsp3) is 0.304. The number of unbranched alkanes of at least 4 members (excludes halogenated alkanes) is 1. The van der Waals surface area contributed by atoms with Gasteiger partial charge < -0.3 is 14.6 Å². The highest BCUT2D eigenvalue weighted by molar-refractivity contribution is 9.10. The molecule has 0 spiro atoms. The molecule has 33 heavy (non-hydrogen) atoms. The fourth-order valence-corrected chi connectivity index (χ4v) is 3.86. The van der Waals surface area contributed by atoms with E-state index in [0.29, 0.717) is 38.9 Å². The summed E-state index contributed by atoms with van der Waals surface area (Å²) in [5, 5.41) is 14.0. The van der Waals surface area contributed by atoms with Crippen molar-refractivity contribution in [3.05, 3.63) is 61.0 Å². The lowest BCUT2D eigenvalue weighted by molar-refractivity contribution is -0.144. The maximum Gasteiger partial charge on any atom is 0.344 e. The van der Waals surface area contributed by atoms with Gasteiger partial charge in [-0.1, -0.05) is 29.3 Å². The molecule has 8 nitrogen and oxygen atoms in total. The average molecular weight is 581 g/mol. The molecule has 0 unspecified atom stereocenters. The number of hydrogen-bond donors (Lipinski definition) is 1. The van der Waals surface area contributed by atoms with Crippen molar-refractivity contribution in [2.45, 2.75) is 39.2 Å². The molecule has 0 amide bonds. The Morgan fingerprint density at radius 3 is 2.70 bits per heavy atom. The van der Waals surface area contributed by atoms with Crippen molar-refractivity contribution in [2.24, 2.45) is 5.10 Å². The van der Waals surface area contributed by atoms with E-state index in [-0.39, 0.29) is 11.3 Å². The van der Waals surface area contributed by atoms with Crippen molar-refractivity contribution in [3.8, 4) is 11.5 Å². The van der Waals surface area contributed by atoms with Gasteiger partial charge in [0.2, 0.25) is 0 Å². The molecule has 0 aliphatic rings. The smallest absolute Gasteiger partial charge is 0.344 e. The van der Waals surface area contributed by atoms with Crippen LogP contribution in [0.4, 0.5) is 0 Å². The minimum atomic E-state index is -1.09. The maximum absolute atomic E-state index is 13.2. The van der Waals surface area contributed by atoms with Crippen LogP contribution in [0.3, 0.4) is 0 Å². The molecule has 3 rings (SSSR count). The number of benzene rings is 2. The first-order chi connectivity index (χ1) is 15.7. The third kappa shape index (κ3) is 5.80. The first-order valence-electron chi connectivity index (χ1n) is 10.3.